The maximum atomic E-state index is 11.8. The summed E-state index contributed by atoms with van der Waals surface area (Å²) in [5.74, 6) is 2.30. The van der Waals surface area contributed by atoms with E-state index in [9.17, 15) is 5.11 Å². The molecule has 0 fully saturated rings. The number of halogens is 1. The number of ether oxygens (including phenoxy) is 2. The summed E-state index contributed by atoms with van der Waals surface area (Å²) < 4.78 is 12.9. The van der Waals surface area contributed by atoms with E-state index in [1.54, 1.807) is 26.0 Å². The first kappa shape index (κ1) is 18.5. The number of anilines is 1. The van der Waals surface area contributed by atoms with Gasteiger partial charge in [0, 0.05) is 16.3 Å². The Balaban J connectivity index is 1.78. The fourth-order valence-electron chi connectivity index (χ4n) is 3.66. The number of hydrogen-bond acceptors (Lipinski definition) is 5. The van der Waals surface area contributed by atoms with Gasteiger partial charge in [0.1, 0.15) is 5.69 Å². The van der Waals surface area contributed by atoms with E-state index in [0.717, 1.165) is 35.1 Å². The van der Waals surface area contributed by atoms with Crippen molar-refractivity contribution in [3.8, 4) is 11.5 Å². The molecule has 7 heteroatoms. The molecule has 0 saturated heterocycles. The van der Waals surface area contributed by atoms with Gasteiger partial charge in [0.15, 0.2) is 18.0 Å². The third-order valence-corrected chi connectivity index (χ3v) is 6.47. The molecule has 2 aliphatic rings. The van der Waals surface area contributed by atoms with Crippen LogP contribution in [0.2, 0.25) is 5.02 Å². The van der Waals surface area contributed by atoms with Crippen LogP contribution in [0.4, 0.5) is 5.69 Å². The molecule has 0 amide bonds. The first-order valence-electron chi connectivity index (χ1n) is 8.82. The molecule has 0 unspecified atom stereocenters. The van der Waals surface area contributed by atoms with E-state index in [1.165, 1.54) is 0 Å². The topological polar surface area (TPSA) is 44.9 Å². The number of rotatable bonds is 4. The summed E-state index contributed by atoms with van der Waals surface area (Å²) in [4.78, 5) is 2.16. The molecular weight excluding hydrogens is 384 g/mol. The van der Waals surface area contributed by atoms with Gasteiger partial charge in [-0.3, -0.25) is 0 Å². The monoisotopic (exact) mass is 405 g/mol. The second-order valence-electron chi connectivity index (χ2n) is 6.59. The lowest BCUT2D eigenvalue weighted by molar-refractivity contribution is -0.656. The highest BCUT2D eigenvalue weighted by molar-refractivity contribution is 8.13. The van der Waals surface area contributed by atoms with Crippen LogP contribution < -0.4 is 14.4 Å². The molecule has 2 aromatic rings. The smallest absolute Gasteiger partial charge is 0.316 e. The van der Waals surface area contributed by atoms with Crippen LogP contribution in [-0.4, -0.2) is 47.9 Å². The van der Waals surface area contributed by atoms with Crippen molar-refractivity contribution in [1.29, 1.82) is 0 Å². The highest BCUT2D eigenvalue weighted by Gasteiger charge is 2.53. The molecule has 4 rings (SSSR count). The van der Waals surface area contributed by atoms with Crippen LogP contribution in [0.25, 0.3) is 0 Å². The maximum absolute atomic E-state index is 11.8. The predicted octanol–water partition coefficient (Wildman–Crippen LogP) is 3.53. The highest BCUT2D eigenvalue weighted by Crippen LogP contribution is 2.40. The molecule has 0 radical (unpaired) electrons. The van der Waals surface area contributed by atoms with Gasteiger partial charge in [0.2, 0.25) is 0 Å². The summed E-state index contributed by atoms with van der Waals surface area (Å²) in [6.45, 7) is 1.24. The zero-order valence-electron chi connectivity index (χ0n) is 15.3. The SMILES string of the molecule is COc1ccc([C@]2(O)CN(c3ccc(Cl)cc3)C3=[N+]2CCCS3)cc1OC. The Bertz CT molecular complexity index is 887. The van der Waals surface area contributed by atoms with Crippen LogP contribution in [-0.2, 0) is 5.72 Å². The van der Waals surface area contributed by atoms with E-state index >= 15 is 0 Å². The summed E-state index contributed by atoms with van der Waals surface area (Å²) >= 11 is 7.83. The third-order valence-electron chi connectivity index (χ3n) is 5.03. The molecule has 142 valence electrons. The van der Waals surface area contributed by atoms with Gasteiger partial charge in [-0.25, -0.2) is 9.48 Å². The first-order chi connectivity index (χ1) is 13.1. The number of methoxy groups -OCH3 is 2. The van der Waals surface area contributed by atoms with Gasteiger partial charge in [0.25, 0.3) is 5.72 Å². The van der Waals surface area contributed by atoms with E-state index in [1.807, 2.05) is 42.5 Å². The Morgan fingerprint density at radius 3 is 2.56 bits per heavy atom. The minimum absolute atomic E-state index is 0.437. The summed E-state index contributed by atoms with van der Waals surface area (Å²) in [6, 6.07) is 13.3. The van der Waals surface area contributed by atoms with E-state index in [2.05, 4.69) is 9.48 Å². The molecule has 0 saturated carbocycles. The van der Waals surface area contributed by atoms with Gasteiger partial charge in [-0.2, -0.15) is 0 Å². The van der Waals surface area contributed by atoms with Crippen molar-refractivity contribution in [3.63, 3.8) is 0 Å². The molecule has 5 nitrogen and oxygen atoms in total. The Morgan fingerprint density at radius 2 is 1.85 bits per heavy atom. The van der Waals surface area contributed by atoms with Gasteiger partial charge < -0.3 is 14.6 Å². The van der Waals surface area contributed by atoms with Gasteiger partial charge in [-0.15, -0.1) is 0 Å². The summed E-state index contributed by atoms with van der Waals surface area (Å²) in [5, 5.41) is 13.5. The van der Waals surface area contributed by atoms with Crippen molar-refractivity contribution >= 4 is 34.2 Å². The van der Waals surface area contributed by atoms with Crippen LogP contribution in [0, 0.1) is 0 Å². The zero-order chi connectivity index (χ0) is 19.0. The van der Waals surface area contributed by atoms with E-state index < -0.39 is 5.72 Å². The minimum Gasteiger partial charge on any atom is -0.493 e. The Kier molecular flexibility index (Phi) is 4.97. The van der Waals surface area contributed by atoms with Crippen molar-refractivity contribution in [1.82, 2.24) is 0 Å². The van der Waals surface area contributed by atoms with Gasteiger partial charge in [-0.1, -0.05) is 11.6 Å². The third kappa shape index (κ3) is 3.16. The zero-order valence-corrected chi connectivity index (χ0v) is 16.9. The van der Waals surface area contributed by atoms with E-state index in [0.29, 0.717) is 23.1 Å². The van der Waals surface area contributed by atoms with Crippen molar-refractivity contribution in [2.24, 2.45) is 0 Å². The fourth-order valence-corrected chi connectivity index (χ4v) is 4.96. The normalized spacial score (nSPS) is 22.0. The molecular formula is C20H22ClN2O3S+. The van der Waals surface area contributed by atoms with Gasteiger partial charge >= 0.3 is 5.17 Å². The van der Waals surface area contributed by atoms with Crippen LogP contribution in [0.15, 0.2) is 42.5 Å². The number of benzene rings is 2. The predicted molar refractivity (Wildman–Crippen MR) is 109 cm³/mol. The standard InChI is InChI=1S/C20H22ClN2O3S/c1-25-17-9-4-14(12-18(17)26-2)20(24)13-22(16-7-5-15(21)6-8-16)19-23(20)10-3-11-27-19/h4-9,12,24H,3,10-11,13H2,1-2H3/q+1/t20-/m1/s1. The lowest BCUT2D eigenvalue weighted by Gasteiger charge is -2.25. The maximum Gasteiger partial charge on any atom is 0.316 e. The van der Waals surface area contributed by atoms with Crippen molar-refractivity contribution < 1.29 is 19.2 Å². The molecule has 1 atom stereocenters. The molecule has 2 aromatic carbocycles. The molecule has 1 N–H and O–H groups in total. The number of hydrogen-bond donors (Lipinski definition) is 1. The van der Waals surface area contributed by atoms with Crippen molar-refractivity contribution in [3.05, 3.63) is 53.1 Å². The lowest BCUT2D eigenvalue weighted by atomic mass is 10.0. The number of nitrogens with zero attached hydrogens (tertiary/aromatic N) is 2. The minimum atomic E-state index is -1.14. The van der Waals surface area contributed by atoms with E-state index in [-0.39, 0.29) is 0 Å². The van der Waals surface area contributed by atoms with Gasteiger partial charge in [0.05, 0.1) is 20.8 Å². The quantitative estimate of drug-likeness (QED) is 0.788. The van der Waals surface area contributed by atoms with Crippen LogP contribution in [0.3, 0.4) is 0 Å². The average molecular weight is 406 g/mol. The van der Waals surface area contributed by atoms with Crippen molar-refractivity contribution in [2.75, 3.05) is 38.0 Å². The molecule has 0 spiro atoms. The number of aliphatic hydroxyl groups is 1. The average Bonchev–Trinajstić information content (AvgIpc) is 3.02. The van der Waals surface area contributed by atoms with Gasteiger partial charge in [-0.05, 0) is 60.6 Å². The Hall–Kier alpha value is -1.89. The van der Waals surface area contributed by atoms with E-state index in [4.69, 9.17) is 21.1 Å². The second-order valence-corrected chi connectivity index (χ2v) is 8.08. The molecule has 0 bridgehead atoms. The second kappa shape index (κ2) is 7.26. The molecule has 2 heterocycles. The summed E-state index contributed by atoms with van der Waals surface area (Å²) in [6.07, 6.45) is 1.03. The van der Waals surface area contributed by atoms with Crippen LogP contribution >= 0.6 is 23.4 Å². The highest BCUT2D eigenvalue weighted by atomic mass is 35.5. The molecule has 0 aromatic heterocycles. The molecule has 2 aliphatic heterocycles. The lowest BCUT2D eigenvalue weighted by Crippen LogP contribution is -2.41. The number of amidine groups is 1. The largest absolute Gasteiger partial charge is 0.493 e. The summed E-state index contributed by atoms with van der Waals surface area (Å²) in [5.41, 5.74) is 0.670. The number of β-amino-alcohol motifs (C(OH)–C–C–N with tert-alkyl or cyclic N) is 1. The first-order valence-corrected chi connectivity index (χ1v) is 10.2. The Morgan fingerprint density at radius 1 is 1.11 bits per heavy atom. The molecule has 27 heavy (non-hydrogen) atoms. The Labute approximate surface area is 168 Å². The number of thioether (sulfide) groups is 1. The fraction of sp³-hybridized carbons (Fsp3) is 0.350. The molecule has 0 aliphatic carbocycles. The summed E-state index contributed by atoms with van der Waals surface area (Å²) in [7, 11) is 3.21. The van der Waals surface area contributed by atoms with Crippen molar-refractivity contribution in [2.45, 2.75) is 12.1 Å². The van der Waals surface area contributed by atoms with Crippen LogP contribution in [0.1, 0.15) is 12.0 Å². The van der Waals surface area contributed by atoms with Crippen LogP contribution in [0.5, 0.6) is 11.5 Å².